The summed E-state index contributed by atoms with van der Waals surface area (Å²) in [6.45, 7) is 3.61. The van der Waals surface area contributed by atoms with E-state index in [0.29, 0.717) is 19.1 Å². The first-order chi connectivity index (χ1) is 11.6. The first-order valence-corrected chi connectivity index (χ1v) is 9.51. The van der Waals surface area contributed by atoms with Crippen molar-refractivity contribution in [2.45, 2.75) is 37.8 Å². The van der Waals surface area contributed by atoms with Gasteiger partial charge in [0.2, 0.25) is 5.91 Å². The van der Waals surface area contributed by atoms with E-state index in [-0.39, 0.29) is 12.0 Å². The standard InChI is InChI=1S/C18H25BrN2O3/c19-14-4-1-2-7-17(14)24-13-8-18(23)21-11-9-20(10-12-21)15-5-3-6-16(15)22/h1-2,4,7,15-16,22H,3,5-6,8-13H2/t15-,16-/m1/s1. The van der Waals surface area contributed by atoms with Crippen LogP contribution in [0.1, 0.15) is 25.7 Å². The van der Waals surface area contributed by atoms with Gasteiger partial charge in [-0.2, -0.15) is 0 Å². The molecule has 132 valence electrons. The number of ether oxygens (including phenoxy) is 1. The molecule has 1 aromatic carbocycles. The zero-order valence-corrected chi connectivity index (χ0v) is 15.5. The number of hydrogen-bond acceptors (Lipinski definition) is 4. The van der Waals surface area contributed by atoms with Crippen LogP contribution in [-0.4, -0.2) is 65.7 Å². The molecule has 1 amide bonds. The van der Waals surface area contributed by atoms with Gasteiger partial charge in [-0.15, -0.1) is 0 Å². The Hall–Kier alpha value is -1.11. The fourth-order valence-electron chi connectivity index (χ4n) is 3.62. The predicted molar refractivity (Wildman–Crippen MR) is 96.1 cm³/mol. The molecule has 6 heteroatoms. The number of benzene rings is 1. The normalized spacial score (nSPS) is 25.0. The molecular weight excluding hydrogens is 372 g/mol. The second-order valence-corrected chi connectivity index (χ2v) is 7.37. The minimum atomic E-state index is -0.190. The number of piperazine rings is 1. The lowest BCUT2D eigenvalue weighted by atomic mass is 10.1. The Kier molecular flexibility index (Phi) is 6.14. The number of rotatable bonds is 5. The second kappa shape index (κ2) is 8.32. The highest BCUT2D eigenvalue weighted by atomic mass is 79.9. The van der Waals surface area contributed by atoms with Crippen molar-refractivity contribution in [3.63, 3.8) is 0 Å². The lowest BCUT2D eigenvalue weighted by molar-refractivity contribution is -0.134. The monoisotopic (exact) mass is 396 g/mol. The van der Waals surface area contributed by atoms with Crippen molar-refractivity contribution >= 4 is 21.8 Å². The van der Waals surface area contributed by atoms with E-state index in [9.17, 15) is 9.90 Å². The maximum atomic E-state index is 12.3. The summed E-state index contributed by atoms with van der Waals surface area (Å²) < 4.78 is 6.58. The average Bonchev–Trinajstić information content (AvgIpc) is 3.03. The van der Waals surface area contributed by atoms with E-state index in [0.717, 1.165) is 55.7 Å². The molecule has 2 aliphatic rings. The van der Waals surface area contributed by atoms with Crippen molar-refractivity contribution < 1.29 is 14.6 Å². The Balaban J connectivity index is 1.40. The minimum Gasteiger partial charge on any atom is -0.492 e. The molecule has 1 aromatic rings. The fourth-order valence-corrected chi connectivity index (χ4v) is 4.02. The van der Waals surface area contributed by atoms with Gasteiger partial charge >= 0.3 is 0 Å². The molecule has 2 fully saturated rings. The smallest absolute Gasteiger partial charge is 0.226 e. The van der Waals surface area contributed by atoms with Crippen LogP contribution in [0.5, 0.6) is 5.75 Å². The maximum absolute atomic E-state index is 12.3. The number of aliphatic hydroxyl groups is 1. The molecular formula is C18H25BrN2O3. The van der Waals surface area contributed by atoms with Crippen LogP contribution in [0.4, 0.5) is 0 Å². The van der Waals surface area contributed by atoms with Crippen molar-refractivity contribution in [3.05, 3.63) is 28.7 Å². The fraction of sp³-hybridized carbons (Fsp3) is 0.611. The van der Waals surface area contributed by atoms with Crippen LogP contribution in [0.3, 0.4) is 0 Å². The molecule has 0 bridgehead atoms. The molecule has 1 saturated heterocycles. The highest BCUT2D eigenvalue weighted by Crippen LogP contribution is 2.25. The van der Waals surface area contributed by atoms with Gasteiger partial charge in [0.25, 0.3) is 0 Å². The van der Waals surface area contributed by atoms with Gasteiger partial charge in [0.05, 0.1) is 23.6 Å². The summed E-state index contributed by atoms with van der Waals surface area (Å²) in [5, 5.41) is 10.0. The third kappa shape index (κ3) is 4.29. The van der Waals surface area contributed by atoms with E-state index >= 15 is 0 Å². The highest BCUT2D eigenvalue weighted by Gasteiger charge is 2.33. The number of carbonyl (C=O) groups is 1. The molecule has 1 aliphatic carbocycles. The molecule has 0 aromatic heterocycles. The van der Waals surface area contributed by atoms with E-state index in [4.69, 9.17) is 4.74 Å². The zero-order valence-electron chi connectivity index (χ0n) is 13.9. The van der Waals surface area contributed by atoms with Crippen molar-refractivity contribution in [2.75, 3.05) is 32.8 Å². The summed E-state index contributed by atoms with van der Waals surface area (Å²) in [6, 6.07) is 7.95. The van der Waals surface area contributed by atoms with E-state index in [2.05, 4.69) is 20.8 Å². The first-order valence-electron chi connectivity index (χ1n) is 8.72. The van der Waals surface area contributed by atoms with Crippen LogP contribution in [-0.2, 0) is 4.79 Å². The average molecular weight is 397 g/mol. The second-order valence-electron chi connectivity index (χ2n) is 6.51. The lowest BCUT2D eigenvalue weighted by Gasteiger charge is -2.39. The number of hydrogen-bond donors (Lipinski definition) is 1. The van der Waals surface area contributed by atoms with Gasteiger partial charge in [-0.05, 0) is 47.3 Å². The molecule has 1 N–H and O–H groups in total. The van der Waals surface area contributed by atoms with Gasteiger partial charge in [0, 0.05) is 32.2 Å². The summed E-state index contributed by atoms with van der Waals surface area (Å²) in [4.78, 5) is 16.6. The third-order valence-electron chi connectivity index (χ3n) is 4.99. The number of aliphatic hydroxyl groups excluding tert-OH is 1. The molecule has 1 heterocycles. The number of carbonyl (C=O) groups excluding carboxylic acids is 1. The largest absolute Gasteiger partial charge is 0.492 e. The topological polar surface area (TPSA) is 53.0 Å². The molecule has 0 unspecified atom stereocenters. The van der Waals surface area contributed by atoms with Crippen LogP contribution >= 0.6 is 15.9 Å². The van der Waals surface area contributed by atoms with E-state index < -0.39 is 0 Å². The zero-order chi connectivity index (χ0) is 16.9. The number of para-hydroxylation sites is 1. The number of halogens is 1. The summed E-state index contributed by atoms with van der Waals surface area (Å²) in [7, 11) is 0. The summed E-state index contributed by atoms with van der Waals surface area (Å²) in [5.74, 6) is 0.916. The van der Waals surface area contributed by atoms with Gasteiger partial charge in [0.15, 0.2) is 0 Å². The number of nitrogens with zero attached hydrogens (tertiary/aromatic N) is 2. The maximum Gasteiger partial charge on any atom is 0.226 e. The SMILES string of the molecule is O=C(CCOc1ccccc1Br)N1CCN([C@@H]2CCC[C@H]2O)CC1. The molecule has 0 spiro atoms. The van der Waals surface area contributed by atoms with Crippen LogP contribution < -0.4 is 4.74 Å². The predicted octanol–water partition coefficient (Wildman–Crippen LogP) is 2.28. The van der Waals surface area contributed by atoms with Crippen LogP contribution in [0.25, 0.3) is 0 Å². The van der Waals surface area contributed by atoms with Gasteiger partial charge in [0.1, 0.15) is 5.75 Å². The van der Waals surface area contributed by atoms with Crippen molar-refractivity contribution in [1.29, 1.82) is 0 Å². The van der Waals surface area contributed by atoms with Gasteiger partial charge < -0.3 is 14.7 Å². The molecule has 1 saturated carbocycles. The van der Waals surface area contributed by atoms with Gasteiger partial charge in [-0.3, -0.25) is 9.69 Å². The van der Waals surface area contributed by atoms with E-state index in [1.165, 1.54) is 0 Å². The van der Waals surface area contributed by atoms with E-state index in [1.54, 1.807) is 0 Å². The molecule has 0 radical (unpaired) electrons. The molecule has 24 heavy (non-hydrogen) atoms. The Morgan fingerprint density at radius 2 is 1.96 bits per heavy atom. The van der Waals surface area contributed by atoms with E-state index in [1.807, 2.05) is 29.2 Å². The Morgan fingerprint density at radius 1 is 1.21 bits per heavy atom. The van der Waals surface area contributed by atoms with Crippen LogP contribution in [0.15, 0.2) is 28.7 Å². The minimum absolute atomic E-state index is 0.147. The van der Waals surface area contributed by atoms with Gasteiger partial charge in [-0.25, -0.2) is 0 Å². The Morgan fingerprint density at radius 3 is 2.62 bits per heavy atom. The molecule has 3 rings (SSSR count). The molecule has 2 atom stereocenters. The quantitative estimate of drug-likeness (QED) is 0.829. The lowest BCUT2D eigenvalue weighted by Crippen LogP contribution is -2.53. The summed E-state index contributed by atoms with van der Waals surface area (Å²) >= 11 is 3.44. The molecule has 5 nitrogen and oxygen atoms in total. The Labute approximate surface area is 151 Å². The van der Waals surface area contributed by atoms with Crippen molar-refractivity contribution in [3.8, 4) is 5.75 Å². The molecule has 1 aliphatic heterocycles. The third-order valence-corrected chi connectivity index (χ3v) is 5.65. The van der Waals surface area contributed by atoms with Gasteiger partial charge in [-0.1, -0.05) is 12.1 Å². The number of amides is 1. The first kappa shape index (κ1) is 17.7. The van der Waals surface area contributed by atoms with Crippen LogP contribution in [0.2, 0.25) is 0 Å². The van der Waals surface area contributed by atoms with Crippen molar-refractivity contribution in [2.24, 2.45) is 0 Å². The summed E-state index contributed by atoms with van der Waals surface area (Å²) in [6.07, 6.45) is 3.31. The summed E-state index contributed by atoms with van der Waals surface area (Å²) in [5.41, 5.74) is 0. The highest BCUT2D eigenvalue weighted by molar-refractivity contribution is 9.10. The Bertz CT molecular complexity index is 561. The van der Waals surface area contributed by atoms with Crippen LogP contribution in [0, 0.1) is 0 Å². The van der Waals surface area contributed by atoms with Crippen molar-refractivity contribution in [1.82, 2.24) is 9.80 Å².